The maximum atomic E-state index is 10.6. The Morgan fingerprint density at radius 1 is 1.56 bits per heavy atom. The van der Waals surface area contributed by atoms with Gasteiger partial charge >= 0.3 is 0 Å². The second-order valence-corrected chi connectivity index (χ2v) is 1.86. The monoisotopic (exact) mass is 125 g/mol. The lowest BCUT2D eigenvalue weighted by Crippen LogP contribution is -2.02. The fourth-order valence-corrected chi connectivity index (χ4v) is 0.582. The van der Waals surface area contributed by atoms with E-state index in [-0.39, 0.29) is 5.78 Å². The molecule has 2 heteroatoms. The van der Waals surface area contributed by atoms with Gasteiger partial charge in [0.25, 0.3) is 0 Å². The lowest BCUT2D eigenvalue weighted by atomic mass is 10.1. The number of nitrogens with two attached hydrogens (primary N) is 1. The molecule has 0 amide bonds. The quantitative estimate of drug-likeness (QED) is 0.442. The molecule has 0 bridgehead atoms. The van der Waals surface area contributed by atoms with E-state index in [9.17, 15) is 4.79 Å². The average molecular weight is 125 g/mol. The first-order chi connectivity index (χ1) is 4.09. The summed E-state index contributed by atoms with van der Waals surface area (Å²) in [5, 5.41) is 0. The highest BCUT2D eigenvalue weighted by Crippen LogP contribution is 1.99. The smallest absolute Gasteiger partial charge is 0.161 e. The number of carbonyl (C=O) groups excluding carboxylic acids is 1. The lowest BCUT2D eigenvalue weighted by Gasteiger charge is -1.96. The Balaban J connectivity index is 4.55. The van der Waals surface area contributed by atoms with Crippen molar-refractivity contribution in [2.24, 2.45) is 5.73 Å². The average Bonchev–Trinajstić information content (AvgIpc) is 1.64. The number of hydrogen-bond donors (Lipinski definition) is 1. The van der Waals surface area contributed by atoms with Crippen LogP contribution < -0.4 is 5.73 Å². The summed E-state index contributed by atoms with van der Waals surface area (Å²) < 4.78 is 0. The van der Waals surface area contributed by atoms with Crippen molar-refractivity contribution in [3.8, 4) is 0 Å². The van der Waals surface area contributed by atoms with Crippen LogP contribution in [0.4, 0.5) is 0 Å². The summed E-state index contributed by atoms with van der Waals surface area (Å²) in [6.07, 6.45) is 1.47. The topological polar surface area (TPSA) is 43.1 Å². The minimum Gasteiger partial charge on any atom is -0.402 e. The van der Waals surface area contributed by atoms with E-state index in [1.165, 1.54) is 13.0 Å². The van der Waals surface area contributed by atoms with Crippen molar-refractivity contribution in [1.82, 2.24) is 0 Å². The summed E-state index contributed by atoms with van der Waals surface area (Å²) in [4.78, 5) is 10.6. The third-order valence-corrected chi connectivity index (χ3v) is 1.01. The zero-order valence-electron chi connectivity index (χ0n) is 5.77. The van der Waals surface area contributed by atoms with E-state index in [0.717, 1.165) is 0 Å². The molecule has 0 aromatic carbocycles. The Kier molecular flexibility index (Phi) is 2.71. The summed E-state index contributed by atoms with van der Waals surface area (Å²) in [7, 11) is 0. The van der Waals surface area contributed by atoms with E-state index in [2.05, 4.69) is 6.58 Å². The molecule has 0 heterocycles. The van der Waals surface area contributed by atoms with Gasteiger partial charge in [-0.15, -0.1) is 0 Å². The van der Waals surface area contributed by atoms with Crippen LogP contribution in [-0.2, 0) is 4.79 Å². The highest BCUT2D eigenvalue weighted by Gasteiger charge is 1.99. The number of rotatable bonds is 2. The number of carbonyl (C=O) groups is 1. The van der Waals surface area contributed by atoms with Gasteiger partial charge in [-0.25, -0.2) is 0 Å². The van der Waals surface area contributed by atoms with Gasteiger partial charge in [0.05, 0.1) is 0 Å². The van der Waals surface area contributed by atoms with E-state index in [4.69, 9.17) is 5.73 Å². The van der Waals surface area contributed by atoms with Crippen LogP contribution in [0.1, 0.15) is 13.8 Å². The van der Waals surface area contributed by atoms with Crippen molar-refractivity contribution >= 4 is 5.78 Å². The largest absolute Gasteiger partial charge is 0.402 e. The molecule has 0 saturated carbocycles. The van der Waals surface area contributed by atoms with Crippen LogP contribution in [0.15, 0.2) is 23.9 Å². The minimum absolute atomic E-state index is 0.0370. The molecule has 0 aromatic rings. The molecule has 0 atom stereocenters. The van der Waals surface area contributed by atoms with Crippen LogP contribution in [-0.4, -0.2) is 5.78 Å². The molecule has 0 spiro atoms. The second-order valence-electron chi connectivity index (χ2n) is 1.86. The summed E-state index contributed by atoms with van der Waals surface area (Å²) >= 11 is 0. The van der Waals surface area contributed by atoms with Crippen molar-refractivity contribution in [2.45, 2.75) is 13.8 Å². The van der Waals surface area contributed by atoms with Gasteiger partial charge in [-0.05, 0) is 13.8 Å². The van der Waals surface area contributed by atoms with Crippen LogP contribution in [0.5, 0.6) is 0 Å². The van der Waals surface area contributed by atoms with E-state index < -0.39 is 0 Å². The molecular formula is C7H11NO. The predicted octanol–water partition coefficient (Wildman–Crippen LogP) is 0.994. The van der Waals surface area contributed by atoms with Crippen LogP contribution in [0.25, 0.3) is 0 Å². The Hall–Kier alpha value is -1.05. The number of Topliss-reactive ketones (excluding diaryl/α,β-unsaturated/α-hetero) is 1. The van der Waals surface area contributed by atoms with Crippen molar-refractivity contribution in [2.75, 3.05) is 0 Å². The van der Waals surface area contributed by atoms with Crippen LogP contribution in [0.2, 0.25) is 0 Å². The minimum atomic E-state index is -0.0370. The van der Waals surface area contributed by atoms with Gasteiger partial charge in [-0.3, -0.25) is 4.79 Å². The summed E-state index contributed by atoms with van der Waals surface area (Å²) in [5.74, 6) is -0.0370. The molecule has 2 N–H and O–H groups in total. The molecule has 9 heavy (non-hydrogen) atoms. The molecule has 0 aliphatic rings. The Morgan fingerprint density at radius 3 is 2.00 bits per heavy atom. The zero-order valence-corrected chi connectivity index (χ0v) is 5.77. The van der Waals surface area contributed by atoms with Gasteiger partial charge in [0, 0.05) is 11.3 Å². The summed E-state index contributed by atoms with van der Waals surface area (Å²) in [6, 6.07) is 0. The van der Waals surface area contributed by atoms with Gasteiger partial charge in [0.2, 0.25) is 0 Å². The normalized spacial score (nSPS) is 12.2. The molecular weight excluding hydrogens is 114 g/mol. The fraction of sp³-hybridized carbons (Fsp3) is 0.286. The predicted molar refractivity (Wildman–Crippen MR) is 37.8 cm³/mol. The second kappa shape index (κ2) is 3.07. The molecule has 0 rings (SSSR count). The standard InChI is InChI=1S/C7H11NO/c1-4-7(5(2)8)6(3)9/h4H,1,8H2,2-3H3/b7-5-. The zero-order chi connectivity index (χ0) is 7.44. The van der Waals surface area contributed by atoms with Crippen molar-refractivity contribution in [1.29, 1.82) is 0 Å². The van der Waals surface area contributed by atoms with Crippen LogP contribution in [0.3, 0.4) is 0 Å². The van der Waals surface area contributed by atoms with E-state index in [0.29, 0.717) is 11.3 Å². The number of allylic oxidation sites excluding steroid dienone is 3. The first-order valence-electron chi connectivity index (χ1n) is 2.69. The fourth-order valence-electron chi connectivity index (χ4n) is 0.582. The molecule has 0 aliphatic heterocycles. The van der Waals surface area contributed by atoms with Gasteiger partial charge in [-0.2, -0.15) is 0 Å². The van der Waals surface area contributed by atoms with Gasteiger partial charge in [0.1, 0.15) is 0 Å². The molecule has 0 aromatic heterocycles. The third-order valence-electron chi connectivity index (χ3n) is 1.01. The van der Waals surface area contributed by atoms with Crippen LogP contribution in [0, 0.1) is 0 Å². The molecule has 50 valence electrons. The highest BCUT2D eigenvalue weighted by molar-refractivity contribution is 5.96. The summed E-state index contributed by atoms with van der Waals surface area (Å²) in [6.45, 7) is 6.59. The molecule has 0 unspecified atom stereocenters. The first kappa shape index (κ1) is 7.95. The van der Waals surface area contributed by atoms with Crippen molar-refractivity contribution in [3.63, 3.8) is 0 Å². The van der Waals surface area contributed by atoms with Crippen molar-refractivity contribution < 1.29 is 4.79 Å². The number of hydrogen-bond acceptors (Lipinski definition) is 2. The maximum Gasteiger partial charge on any atom is 0.161 e. The van der Waals surface area contributed by atoms with Gasteiger partial charge in [-0.1, -0.05) is 12.7 Å². The van der Waals surface area contributed by atoms with Gasteiger partial charge in [0.15, 0.2) is 5.78 Å². The molecule has 2 nitrogen and oxygen atoms in total. The van der Waals surface area contributed by atoms with Gasteiger partial charge < -0.3 is 5.73 Å². The maximum absolute atomic E-state index is 10.6. The molecule has 0 aliphatic carbocycles. The van der Waals surface area contributed by atoms with E-state index in [1.54, 1.807) is 6.92 Å². The number of ketones is 1. The Morgan fingerprint density at radius 2 is 2.00 bits per heavy atom. The Bertz CT molecular complexity index is 164. The Labute approximate surface area is 55.1 Å². The molecule has 0 saturated heterocycles. The highest BCUT2D eigenvalue weighted by atomic mass is 16.1. The lowest BCUT2D eigenvalue weighted by molar-refractivity contribution is -0.113. The third kappa shape index (κ3) is 2.13. The molecule has 0 fully saturated rings. The molecule has 0 radical (unpaired) electrons. The summed E-state index contributed by atoms with van der Waals surface area (Å²) in [5.41, 5.74) is 6.37. The van der Waals surface area contributed by atoms with Crippen LogP contribution >= 0.6 is 0 Å². The SMILES string of the molecule is C=C/C(C(C)=O)=C(\C)N. The van der Waals surface area contributed by atoms with E-state index >= 15 is 0 Å². The van der Waals surface area contributed by atoms with Crippen molar-refractivity contribution in [3.05, 3.63) is 23.9 Å². The first-order valence-corrected chi connectivity index (χ1v) is 2.69. The van der Waals surface area contributed by atoms with E-state index in [1.807, 2.05) is 0 Å².